The number of aryl methyl sites for hydroxylation is 2. The fourth-order valence-electron chi connectivity index (χ4n) is 1.69. The quantitative estimate of drug-likeness (QED) is 0.665. The molecule has 1 aromatic carbocycles. The molecule has 1 nitrogen and oxygen atoms in total. The van der Waals surface area contributed by atoms with Gasteiger partial charge in [-0.05, 0) is 37.0 Å². The molecule has 0 N–H and O–H groups in total. The highest BCUT2D eigenvalue weighted by atomic mass is 16.1. The molecule has 1 heteroatoms. The Morgan fingerprint density at radius 2 is 1.93 bits per heavy atom. The maximum absolute atomic E-state index is 11.2. The summed E-state index contributed by atoms with van der Waals surface area (Å²) < 4.78 is 0. The van der Waals surface area contributed by atoms with Crippen molar-refractivity contribution < 1.29 is 4.79 Å². The lowest BCUT2D eigenvalue weighted by Crippen LogP contribution is -1.98. The highest BCUT2D eigenvalue weighted by molar-refractivity contribution is 5.94. The van der Waals surface area contributed by atoms with Crippen LogP contribution in [0.5, 0.6) is 0 Å². The minimum Gasteiger partial charge on any atom is -0.295 e. The molecule has 0 fully saturated rings. The highest BCUT2D eigenvalue weighted by Crippen LogP contribution is 2.15. The van der Waals surface area contributed by atoms with Gasteiger partial charge >= 0.3 is 0 Å². The molecule has 1 rings (SSSR count). The summed E-state index contributed by atoms with van der Waals surface area (Å²) in [5.74, 6) is 0.155. The summed E-state index contributed by atoms with van der Waals surface area (Å²) >= 11 is 0. The van der Waals surface area contributed by atoms with Gasteiger partial charge in [0.05, 0.1) is 0 Å². The number of hydrogen-bond donors (Lipinski definition) is 0. The monoisotopic (exact) mass is 190 g/mol. The SMILES string of the molecule is CCCc1ccc(C(C)=O)cc1CC. The molecule has 0 saturated heterocycles. The van der Waals surface area contributed by atoms with E-state index in [2.05, 4.69) is 19.9 Å². The van der Waals surface area contributed by atoms with Crippen molar-refractivity contribution in [2.75, 3.05) is 0 Å². The van der Waals surface area contributed by atoms with Gasteiger partial charge in [-0.1, -0.05) is 32.4 Å². The Kier molecular flexibility index (Phi) is 3.87. The Bertz CT molecular complexity index is 326. The van der Waals surface area contributed by atoms with Crippen molar-refractivity contribution >= 4 is 5.78 Å². The molecule has 0 heterocycles. The van der Waals surface area contributed by atoms with Crippen molar-refractivity contribution in [1.29, 1.82) is 0 Å². The molecule has 0 amide bonds. The van der Waals surface area contributed by atoms with Crippen molar-refractivity contribution in [3.8, 4) is 0 Å². The van der Waals surface area contributed by atoms with E-state index in [0.717, 1.165) is 24.8 Å². The van der Waals surface area contributed by atoms with E-state index in [1.807, 2.05) is 12.1 Å². The second-order valence-corrected chi connectivity index (χ2v) is 3.64. The number of benzene rings is 1. The summed E-state index contributed by atoms with van der Waals surface area (Å²) in [6.07, 6.45) is 3.28. The number of carbonyl (C=O) groups is 1. The van der Waals surface area contributed by atoms with Crippen molar-refractivity contribution in [3.05, 3.63) is 34.9 Å². The summed E-state index contributed by atoms with van der Waals surface area (Å²) in [6, 6.07) is 6.07. The molecule has 0 atom stereocenters. The van der Waals surface area contributed by atoms with Crippen LogP contribution in [0, 0.1) is 0 Å². The van der Waals surface area contributed by atoms with E-state index in [1.165, 1.54) is 11.1 Å². The lowest BCUT2D eigenvalue weighted by Gasteiger charge is -2.07. The average molecular weight is 190 g/mol. The van der Waals surface area contributed by atoms with Crippen LogP contribution in [0.1, 0.15) is 48.7 Å². The highest BCUT2D eigenvalue weighted by Gasteiger charge is 2.04. The van der Waals surface area contributed by atoms with E-state index < -0.39 is 0 Å². The molecule has 0 aliphatic carbocycles. The van der Waals surface area contributed by atoms with Crippen LogP contribution in [0.15, 0.2) is 18.2 Å². The number of carbonyl (C=O) groups excluding carboxylic acids is 1. The first kappa shape index (κ1) is 11.0. The summed E-state index contributed by atoms with van der Waals surface area (Å²) in [7, 11) is 0. The van der Waals surface area contributed by atoms with Crippen LogP contribution in [0.25, 0.3) is 0 Å². The molecule has 0 radical (unpaired) electrons. The standard InChI is InChI=1S/C13H18O/c1-4-6-12-7-8-13(10(3)14)9-11(12)5-2/h7-9H,4-6H2,1-3H3. The van der Waals surface area contributed by atoms with E-state index in [1.54, 1.807) is 6.92 Å². The van der Waals surface area contributed by atoms with Crippen LogP contribution in [0.3, 0.4) is 0 Å². The maximum atomic E-state index is 11.2. The third kappa shape index (κ3) is 2.44. The minimum absolute atomic E-state index is 0.155. The van der Waals surface area contributed by atoms with Crippen molar-refractivity contribution in [2.24, 2.45) is 0 Å². The van der Waals surface area contributed by atoms with Crippen LogP contribution in [-0.4, -0.2) is 5.78 Å². The van der Waals surface area contributed by atoms with Crippen LogP contribution < -0.4 is 0 Å². The van der Waals surface area contributed by atoms with Gasteiger partial charge in [0.15, 0.2) is 5.78 Å². The number of rotatable bonds is 4. The van der Waals surface area contributed by atoms with E-state index in [4.69, 9.17) is 0 Å². The van der Waals surface area contributed by atoms with E-state index in [9.17, 15) is 4.79 Å². The third-order valence-corrected chi connectivity index (χ3v) is 2.51. The first-order chi connectivity index (χ1) is 6.69. The number of Topliss-reactive ketones (excluding diaryl/α,β-unsaturated/α-hetero) is 1. The molecule has 0 saturated carbocycles. The second-order valence-electron chi connectivity index (χ2n) is 3.64. The van der Waals surface area contributed by atoms with Gasteiger partial charge in [-0.15, -0.1) is 0 Å². The molecule has 14 heavy (non-hydrogen) atoms. The van der Waals surface area contributed by atoms with Crippen LogP contribution in [0.4, 0.5) is 0 Å². The van der Waals surface area contributed by atoms with Gasteiger partial charge in [-0.25, -0.2) is 0 Å². The largest absolute Gasteiger partial charge is 0.295 e. The Hall–Kier alpha value is -1.11. The van der Waals surface area contributed by atoms with E-state index >= 15 is 0 Å². The molecule has 1 aromatic rings. The predicted octanol–water partition coefficient (Wildman–Crippen LogP) is 3.40. The van der Waals surface area contributed by atoms with Crippen LogP contribution in [-0.2, 0) is 12.8 Å². The summed E-state index contributed by atoms with van der Waals surface area (Å²) in [5.41, 5.74) is 3.54. The Labute approximate surface area is 86.1 Å². The zero-order valence-electron chi connectivity index (χ0n) is 9.26. The van der Waals surface area contributed by atoms with E-state index in [0.29, 0.717) is 0 Å². The molecule has 76 valence electrons. The van der Waals surface area contributed by atoms with Gasteiger partial charge in [0.2, 0.25) is 0 Å². The molecule has 0 unspecified atom stereocenters. The molecule has 0 bridgehead atoms. The van der Waals surface area contributed by atoms with Gasteiger partial charge in [0.1, 0.15) is 0 Å². The lowest BCUT2D eigenvalue weighted by atomic mass is 9.97. The first-order valence-electron chi connectivity index (χ1n) is 5.31. The predicted molar refractivity (Wildman–Crippen MR) is 59.8 cm³/mol. The van der Waals surface area contributed by atoms with Crippen molar-refractivity contribution in [1.82, 2.24) is 0 Å². The van der Waals surface area contributed by atoms with Gasteiger partial charge in [0, 0.05) is 5.56 Å². The minimum atomic E-state index is 0.155. The number of hydrogen-bond acceptors (Lipinski definition) is 1. The van der Waals surface area contributed by atoms with Gasteiger partial charge in [0.25, 0.3) is 0 Å². The zero-order chi connectivity index (χ0) is 10.6. The molecule has 0 aromatic heterocycles. The second kappa shape index (κ2) is 4.94. The normalized spacial score (nSPS) is 10.2. The number of ketones is 1. The molecular weight excluding hydrogens is 172 g/mol. The molecule has 0 aliphatic rings. The van der Waals surface area contributed by atoms with Gasteiger partial charge < -0.3 is 0 Å². The van der Waals surface area contributed by atoms with E-state index in [-0.39, 0.29) is 5.78 Å². The Morgan fingerprint density at radius 1 is 1.21 bits per heavy atom. The maximum Gasteiger partial charge on any atom is 0.159 e. The third-order valence-electron chi connectivity index (χ3n) is 2.51. The average Bonchev–Trinajstić information content (AvgIpc) is 2.18. The van der Waals surface area contributed by atoms with Crippen LogP contribution in [0.2, 0.25) is 0 Å². The fraction of sp³-hybridized carbons (Fsp3) is 0.462. The zero-order valence-corrected chi connectivity index (χ0v) is 9.26. The van der Waals surface area contributed by atoms with Gasteiger partial charge in [-0.3, -0.25) is 4.79 Å². The lowest BCUT2D eigenvalue weighted by molar-refractivity contribution is 0.101. The molecule has 0 aliphatic heterocycles. The molecular formula is C13H18O. The summed E-state index contributed by atoms with van der Waals surface area (Å²) in [6.45, 7) is 5.94. The Balaban J connectivity index is 3.04. The fourth-order valence-corrected chi connectivity index (χ4v) is 1.69. The Morgan fingerprint density at radius 3 is 2.43 bits per heavy atom. The smallest absolute Gasteiger partial charge is 0.159 e. The topological polar surface area (TPSA) is 17.1 Å². The summed E-state index contributed by atoms with van der Waals surface area (Å²) in [5, 5.41) is 0. The summed E-state index contributed by atoms with van der Waals surface area (Å²) in [4.78, 5) is 11.2. The van der Waals surface area contributed by atoms with Crippen LogP contribution >= 0.6 is 0 Å². The van der Waals surface area contributed by atoms with Crippen molar-refractivity contribution in [2.45, 2.75) is 40.0 Å². The van der Waals surface area contributed by atoms with Crippen molar-refractivity contribution in [3.63, 3.8) is 0 Å². The molecule has 0 spiro atoms. The first-order valence-corrected chi connectivity index (χ1v) is 5.31. The van der Waals surface area contributed by atoms with Gasteiger partial charge in [-0.2, -0.15) is 0 Å².